The molecule has 1 aromatic carbocycles. The predicted octanol–water partition coefficient (Wildman–Crippen LogP) is 2.36. The molecule has 1 aromatic heterocycles. The number of carbonyl (C=O) groups excluding carboxylic acids is 2. The number of benzene rings is 1. The lowest BCUT2D eigenvalue weighted by Gasteiger charge is -2.02. The van der Waals surface area contributed by atoms with Crippen molar-refractivity contribution in [3.63, 3.8) is 0 Å². The van der Waals surface area contributed by atoms with Gasteiger partial charge >= 0.3 is 0 Å². The molecule has 0 saturated carbocycles. The Kier molecular flexibility index (Phi) is 4.95. The zero-order chi connectivity index (χ0) is 17.1. The van der Waals surface area contributed by atoms with Crippen LogP contribution in [0.5, 0.6) is 0 Å². The summed E-state index contributed by atoms with van der Waals surface area (Å²) in [6.45, 7) is 0.00451. The van der Waals surface area contributed by atoms with Crippen LogP contribution >= 0.6 is 11.6 Å². The molecular formula is C14H11ClF3N3O2. The van der Waals surface area contributed by atoms with Gasteiger partial charge < -0.3 is 16.0 Å². The van der Waals surface area contributed by atoms with Gasteiger partial charge in [0.25, 0.3) is 5.91 Å². The largest absolute Gasteiger partial charge is 0.370 e. The van der Waals surface area contributed by atoms with E-state index in [0.717, 1.165) is 0 Å². The molecule has 2 rings (SSSR count). The highest BCUT2D eigenvalue weighted by atomic mass is 35.5. The normalized spacial score (nSPS) is 10.6. The van der Waals surface area contributed by atoms with Crippen molar-refractivity contribution >= 4 is 23.4 Å². The van der Waals surface area contributed by atoms with Crippen molar-refractivity contribution in [1.29, 1.82) is 0 Å². The van der Waals surface area contributed by atoms with Gasteiger partial charge in [-0.15, -0.1) is 0 Å². The van der Waals surface area contributed by atoms with Crippen LogP contribution in [0, 0.1) is 17.5 Å². The molecule has 0 bridgehead atoms. The second kappa shape index (κ2) is 6.74. The number of nitrogens with two attached hydrogens (primary N) is 1. The van der Waals surface area contributed by atoms with Crippen LogP contribution in [0.25, 0.3) is 11.3 Å². The number of aromatic nitrogens is 1. The lowest BCUT2D eigenvalue weighted by molar-refractivity contribution is -0.117. The molecule has 23 heavy (non-hydrogen) atoms. The van der Waals surface area contributed by atoms with Gasteiger partial charge in [0, 0.05) is 24.6 Å². The van der Waals surface area contributed by atoms with E-state index in [1.165, 1.54) is 6.07 Å². The maximum absolute atomic E-state index is 13.7. The van der Waals surface area contributed by atoms with Crippen LogP contribution in [-0.2, 0) is 4.79 Å². The van der Waals surface area contributed by atoms with Crippen molar-refractivity contribution in [2.45, 2.75) is 6.42 Å². The highest BCUT2D eigenvalue weighted by Crippen LogP contribution is 2.28. The molecule has 2 amide bonds. The van der Waals surface area contributed by atoms with Crippen LogP contribution in [0.15, 0.2) is 18.2 Å². The molecule has 0 aliphatic rings. The number of hydrogen-bond donors (Lipinski definition) is 3. The van der Waals surface area contributed by atoms with Crippen LogP contribution < -0.4 is 11.1 Å². The summed E-state index contributed by atoms with van der Waals surface area (Å²) < 4.78 is 39.9. The molecule has 0 saturated heterocycles. The number of aromatic amines is 1. The Labute approximate surface area is 133 Å². The van der Waals surface area contributed by atoms with Gasteiger partial charge in [-0.3, -0.25) is 9.59 Å². The molecule has 0 aliphatic heterocycles. The highest BCUT2D eigenvalue weighted by molar-refractivity contribution is 6.33. The van der Waals surface area contributed by atoms with Gasteiger partial charge in [0.05, 0.1) is 11.3 Å². The van der Waals surface area contributed by atoms with Gasteiger partial charge in [-0.2, -0.15) is 0 Å². The summed E-state index contributed by atoms with van der Waals surface area (Å²) in [6, 6.07) is 2.24. The molecule has 5 nitrogen and oxygen atoms in total. The number of primary amides is 1. The highest BCUT2D eigenvalue weighted by Gasteiger charge is 2.18. The molecule has 2 aromatic rings. The SMILES string of the molecule is NC(=O)CCNC(=O)c1cc(-c2cc(F)c(F)cc2F)[nH]c1Cl. The fourth-order valence-electron chi connectivity index (χ4n) is 1.86. The summed E-state index contributed by atoms with van der Waals surface area (Å²) in [5.41, 5.74) is 4.64. The van der Waals surface area contributed by atoms with E-state index >= 15 is 0 Å². The Balaban J connectivity index is 2.26. The van der Waals surface area contributed by atoms with Gasteiger partial charge in [-0.1, -0.05) is 11.6 Å². The molecule has 0 radical (unpaired) electrons. The smallest absolute Gasteiger partial charge is 0.254 e. The van der Waals surface area contributed by atoms with Crippen LogP contribution in [0.3, 0.4) is 0 Å². The van der Waals surface area contributed by atoms with Crippen molar-refractivity contribution in [1.82, 2.24) is 10.3 Å². The lowest BCUT2D eigenvalue weighted by Crippen LogP contribution is -2.27. The van der Waals surface area contributed by atoms with Crippen LogP contribution in [0.4, 0.5) is 13.2 Å². The van der Waals surface area contributed by atoms with Crippen molar-refractivity contribution in [2.75, 3.05) is 6.54 Å². The third-order valence-electron chi connectivity index (χ3n) is 2.97. The monoisotopic (exact) mass is 345 g/mol. The third kappa shape index (κ3) is 3.84. The van der Waals surface area contributed by atoms with Gasteiger partial charge in [0.2, 0.25) is 5.91 Å². The maximum atomic E-state index is 13.7. The number of amides is 2. The molecule has 0 unspecified atom stereocenters. The summed E-state index contributed by atoms with van der Waals surface area (Å²) in [6.07, 6.45) is -0.0571. The molecule has 4 N–H and O–H groups in total. The number of rotatable bonds is 5. The van der Waals surface area contributed by atoms with E-state index in [9.17, 15) is 22.8 Å². The fourth-order valence-corrected chi connectivity index (χ4v) is 2.11. The Morgan fingerprint density at radius 2 is 1.78 bits per heavy atom. The zero-order valence-electron chi connectivity index (χ0n) is 11.6. The molecule has 0 atom stereocenters. The third-order valence-corrected chi connectivity index (χ3v) is 3.27. The summed E-state index contributed by atoms with van der Waals surface area (Å²) in [5, 5.41) is 2.29. The van der Waals surface area contributed by atoms with Crippen molar-refractivity contribution < 1.29 is 22.8 Å². The first-order chi connectivity index (χ1) is 10.8. The van der Waals surface area contributed by atoms with Gasteiger partial charge in [0.15, 0.2) is 11.6 Å². The Bertz CT molecular complexity index is 777. The Hall–Kier alpha value is -2.48. The average Bonchev–Trinajstić information content (AvgIpc) is 2.84. The number of nitrogens with one attached hydrogen (secondary N) is 2. The first-order valence-corrected chi connectivity index (χ1v) is 6.77. The van der Waals surface area contributed by atoms with E-state index in [-0.39, 0.29) is 34.9 Å². The predicted molar refractivity (Wildman–Crippen MR) is 77.3 cm³/mol. The second-order valence-corrected chi connectivity index (χ2v) is 5.01. The minimum Gasteiger partial charge on any atom is -0.370 e. The standard InChI is InChI=1S/C14H11ClF3N3O2/c15-13-7(14(23)20-2-1-12(19)22)4-11(21-13)6-3-9(17)10(18)5-8(6)16/h3-5,21H,1-2H2,(H2,19,22)(H,20,23). The lowest BCUT2D eigenvalue weighted by atomic mass is 10.1. The van der Waals surface area contributed by atoms with E-state index in [1.807, 2.05) is 0 Å². The van der Waals surface area contributed by atoms with Gasteiger partial charge in [-0.25, -0.2) is 13.2 Å². The molecular weight excluding hydrogens is 335 g/mol. The molecule has 0 aliphatic carbocycles. The van der Waals surface area contributed by atoms with E-state index in [0.29, 0.717) is 12.1 Å². The van der Waals surface area contributed by atoms with E-state index in [2.05, 4.69) is 10.3 Å². The second-order valence-electron chi connectivity index (χ2n) is 4.63. The molecule has 1 heterocycles. The van der Waals surface area contributed by atoms with Gasteiger partial charge in [0.1, 0.15) is 11.0 Å². The molecule has 9 heteroatoms. The zero-order valence-corrected chi connectivity index (χ0v) is 12.3. The van der Waals surface area contributed by atoms with Crippen LogP contribution in [0.2, 0.25) is 5.15 Å². The van der Waals surface area contributed by atoms with Crippen molar-refractivity contribution in [3.8, 4) is 11.3 Å². The number of H-pyrrole nitrogens is 1. The van der Waals surface area contributed by atoms with Crippen LogP contribution in [-0.4, -0.2) is 23.3 Å². The first kappa shape index (κ1) is 16.9. The number of hydrogen-bond acceptors (Lipinski definition) is 2. The summed E-state index contributed by atoms with van der Waals surface area (Å²) in [7, 11) is 0. The number of halogens is 4. The van der Waals surface area contributed by atoms with E-state index in [1.54, 1.807) is 0 Å². The topological polar surface area (TPSA) is 88.0 Å². The maximum Gasteiger partial charge on any atom is 0.254 e. The fraction of sp³-hybridized carbons (Fsp3) is 0.143. The van der Waals surface area contributed by atoms with Crippen molar-refractivity contribution in [3.05, 3.63) is 46.4 Å². The van der Waals surface area contributed by atoms with Crippen LogP contribution in [0.1, 0.15) is 16.8 Å². The molecule has 122 valence electrons. The first-order valence-electron chi connectivity index (χ1n) is 6.39. The van der Waals surface area contributed by atoms with E-state index < -0.39 is 29.3 Å². The van der Waals surface area contributed by atoms with Gasteiger partial charge in [-0.05, 0) is 12.1 Å². The molecule has 0 spiro atoms. The molecule has 0 fully saturated rings. The summed E-state index contributed by atoms with van der Waals surface area (Å²) in [4.78, 5) is 25.0. The Morgan fingerprint density at radius 1 is 1.13 bits per heavy atom. The quantitative estimate of drug-likeness (QED) is 0.726. The minimum atomic E-state index is -1.33. The summed E-state index contributed by atoms with van der Waals surface area (Å²) >= 11 is 5.86. The summed E-state index contributed by atoms with van der Waals surface area (Å²) in [5.74, 6) is -4.79. The van der Waals surface area contributed by atoms with E-state index in [4.69, 9.17) is 17.3 Å². The average molecular weight is 346 g/mol. The minimum absolute atomic E-state index is 0.00451. The van der Waals surface area contributed by atoms with Crippen molar-refractivity contribution in [2.24, 2.45) is 5.73 Å². The Morgan fingerprint density at radius 3 is 2.43 bits per heavy atom. The number of carbonyl (C=O) groups is 2.